The summed E-state index contributed by atoms with van der Waals surface area (Å²) in [5.74, 6) is -1.24. The van der Waals surface area contributed by atoms with E-state index in [1.165, 1.54) is 42.7 Å². The SMILES string of the molecule is O=C(NOC1CCCCO1)[C@H]1CN(S(=O)(=O)c2cccnc2)CCN1S(=O)(=O)c1ccc(-c2ccc(F)cc2)s1. The first-order valence-electron chi connectivity index (χ1n) is 12.5. The number of amides is 1. The Hall–Kier alpha value is -2.79. The number of ether oxygens (including phenoxy) is 1. The molecule has 3 aromatic rings. The minimum Gasteiger partial charge on any atom is -0.350 e. The van der Waals surface area contributed by atoms with Gasteiger partial charge in [0.25, 0.3) is 15.9 Å². The van der Waals surface area contributed by atoms with Crippen molar-refractivity contribution < 1.29 is 35.6 Å². The first kappa shape index (κ1) is 28.7. The lowest BCUT2D eigenvalue weighted by molar-refractivity contribution is -0.202. The number of hydrogen-bond acceptors (Lipinski definition) is 9. The molecule has 4 heterocycles. The van der Waals surface area contributed by atoms with Gasteiger partial charge >= 0.3 is 0 Å². The number of benzene rings is 1. The Morgan fingerprint density at radius 2 is 1.85 bits per heavy atom. The zero-order valence-electron chi connectivity index (χ0n) is 21.2. The third-order valence-electron chi connectivity index (χ3n) is 6.57. The summed E-state index contributed by atoms with van der Waals surface area (Å²) in [5, 5.41) is 0. The molecule has 2 saturated heterocycles. The Morgan fingerprint density at radius 3 is 2.55 bits per heavy atom. The molecule has 0 spiro atoms. The van der Waals surface area contributed by atoms with Crippen LogP contribution in [-0.4, -0.2) is 74.9 Å². The lowest BCUT2D eigenvalue weighted by Crippen LogP contribution is -2.61. The number of carbonyl (C=O) groups excluding carboxylic acids is 1. The van der Waals surface area contributed by atoms with Crippen LogP contribution in [0.2, 0.25) is 0 Å². The number of carbonyl (C=O) groups is 1. The van der Waals surface area contributed by atoms with Gasteiger partial charge < -0.3 is 4.74 Å². The van der Waals surface area contributed by atoms with E-state index in [9.17, 15) is 26.0 Å². The summed E-state index contributed by atoms with van der Waals surface area (Å²) in [6, 6.07) is 10.1. The van der Waals surface area contributed by atoms with Crippen LogP contribution in [0, 0.1) is 5.82 Å². The summed E-state index contributed by atoms with van der Waals surface area (Å²) in [5.41, 5.74) is 2.92. The van der Waals surface area contributed by atoms with Gasteiger partial charge in [0.15, 0.2) is 6.29 Å². The lowest BCUT2D eigenvalue weighted by atomic mass is 10.2. The van der Waals surface area contributed by atoms with Gasteiger partial charge in [0, 0.05) is 49.9 Å². The van der Waals surface area contributed by atoms with Crippen LogP contribution in [0.3, 0.4) is 0 Å². The van der Waals surface area contributed by atoms with Crippen molar-refractivity contribution in [2.45, 2.75) is 40.7 Å². The number of rotatable bonds is 8. The average molecular weight is 611 g/mol. The van der Waals surface area contributed by atoms with E-state index in [0.717, 1.165) is 32.8 Å². The van der Waals surface area contributed by atoms with E-state index in [4.69, 9.17) is 9.57 Å². The number of thiophene rings is 1. The van der Waals surface area contributed by atoms with Crippen LogP contribution >= 0.6 is 11.3 Å². The molecule has 1 amide bonds. The van der Waals surface area contributed by atoms with Gasteiger partial charge in [0.05, 0.1) is 0 Å². The van der Waals surface area contributed by atoms with Crippen molar-refractivity contribution in [3.63, 3.8) is 0 Å². The summed E-state index contributed by atoms with van der Waals surface area (Å²) in [4.78, 5) is 23.1. The van der Waals surface area contributed by atoms with E-state index in [-0.39, 0.29) is 22.2 Å². The normalized spacial score (nSPS) is 21.2. The van der Waals surface area contributed by atoms with Crippen LogP contribution in [0.25, 0.3) is 10.4 Å². The second kappa shape index (κ2) is 12.0. The fourth-order valence-electron chi connectivity index (χ4n) is 4.45. The number of piperazine rings is 1. The molecule has 5 rings (SSSR count). The summed E-state index contributed by atoms with van der Waals surface area (Å²) in [6.07, 6.45) is 4.21. The Balaban J connectivity index is 1.41. The first-order chi connectivity index (χ1) is 19.2. The van der Waals surface area contributed by atoms with Crippen molar-refractivity contribution in [1.82, 2.24) is 19.1 Å². The number of nitrogens with one attached hydrogen (secondary N) is 1. The minimum atomic E-state index is -4.23. The van der Waals surface area contributed by atoms with Crippen LogP contribution in [0.5, 0.6) is 0 Å². The molecule has 2 fully saturated rings. The van der Waals surface area contributed by atoms with Gasteiger partial charge in [-0.2, -0.15) is 8.61 Å². The third kappa shape index (κ3) is 6.10. The Kier molecular flexibility index (Phi) is 8.61. The molecule has 0 radical (unpaired) electrons. The van der Waals surface area contributed by atoms with Crippen LogP contribution in [0.4, 0.5) is 4.39 Å². The van der Waals surface area contributed by atoms with Gasteiger partial charge in [-0.1, -0.05) is 12.1 Å². The van der Waals surface area contributed by atoms with Crippen molar-refractivity contribution in [2.75, 3.05) is 26.2 Å². The highest BCUT2D eigenvalue weighted by atomic mass is 32.2. The standard InChI is InChI=1S/C25H27FN4O7S3/c26-19-8-6-18(7-9-19)22-10-11-24(38-22)40(34,35)30-14-13-29(39(32,33)20-4-3-12-27-16-20)17-21(30)25(31)28-37-23-5-1-2-15-36-23/h3-4,6-12,16,21,23H,1-2,5,13-15,17H2,(H,28,31)/t21-,23?/m1/s1. The van der Waals surface area contributed by atoms with Crippen molar-refractivity contribution >= 4 is 37.3 Å². The number of nitrogens with zero attached hydrogens (tertiary/aromatic N) is 3. The smallest absolute Gasteiger partial charge is 0.263 e. The predicted octanol–water partition coefficient (Wildman–Crippen LogP) is 2.59. The number of hydroxylamine groups is 1. The van der Waals surface area contributed by atoms with Gasteiger partial charge in [-0.3, -0.25) is 9.78 Å². The van der Waals surface area contributed by atoms with Crippen LogP contribution in [0.15, 0.2) is 70.0 Å². The molecular weight excluding hydrogens is 583 g/mol. The molecule has 11 nitrogen and oxygen atoms in total. The molecular formula is C25H27FN4O7S3. The second-order valence-corrected chi connectivity index (χ2v) is 14.3. The molecule has 2 aliphatic heterocycles. The molecule has 2 atom stereocenters. The van der Waals surface area contributed by atoms with E-state index in [0.29, 0.717) is 23.5 Å². The molecule has 15 heteroatoms. The molecule has 214 valence electrons. The van der Waals surface area contributed by atoms with Crippen LogP contribution in [0.1, 0.15) is 19.3 Å². The van der Waals surface area contributed by atoms with Crippen molar-refractivity contribution in [2.24, 2.45) is 0 Å². The lowest BCUT2D eigenvalue weighted by Gasteiger charge is -2.38. The number of hydrogen-bond donors (Lipinski definition) is 1. The summed E-state index contributed by atoms with van der Waals surface area (Å²) < 4.78 is 75.0. The average Bonchev–Trinajstić information content (AvgIpc) is 3.48. The monoisotopic (exact) mass is 610 g/mol. The summed E-state index contributed by atoms with van der Waals surface area (Å²) in [7, 11) is -8.29. The molecule has 0 bridgehead atoms. The topological polar surface area (TPSA) is 135 Å². The molecule has 1 N–H and O–H groups in total. The van der Waals surface area contributed by atoms with Gasteiger partial charge in [-0.05, 0) is 54.8 Å². The maximum atomic E-state index is 13.8. The molecule has 1 unspecified atom stereocenters. The number of sulfonamides is 2. The van der Waals surface area contributed by atoms with Gasteiger partial charge in [-0.25, -0.2) is 31.5 Å². The number of aromatic nitrogens is 1. The van der Waals surface area contributed by atoms with E-state index in [1.54, 1.807) is 18.2 Å². The van der Waals surface area contributed by atoms with E-state index < -0.39 is 50.6 Å². The zero-order valence-corrected chi connectivity index (χ0v) is 23.6. The van der Waals surface area contributed by atoms with Gasteiger partial charge in [0.2, 0.25) is 10.0 Å². The minimum absolute atomic E-state index is 0.0373. The zero-order chi connectivity index (χ0) is 28.3. The quantitative estimate of drug-likeness (QED) is 0.385. The van der Waals surface area contributed by atoms with Crippen molar-refractivity contribution in [1.29, 1.82) is 0 Å². The van der Waals surface area contributed by atoms with E-state index >= 15 is 0 Å². The fraction of sp³-hybridized carbons (Fsp3) is 0.360. The third-order valence-corrected chi connectivity index (χ3v) is 11.9. The summed E-state index contributed by atoms with van der Waals surface area (Å²) >= 11 is 0.970. The van der Waals surface area contributed by atoms with Crippen LogP contribution in [-0.2, 0) is 34.4 Å². The molecule has 1 aromatic carbocycles. The highest BCUT2D eigenvalue weighted by Crippen LogP contribution is 2.34. The summed E-state index contributed by atoms with van der Waals surface area (Å²) in [6.45, 7) is -0.420. The maximum Gasteiger partial charge on any atom is 0.263 e. The molecule has 2 aromatic heterocycles. The number of halogens is 1. The van der Waals surface area contributed by atoms with Crippen molar-refractivity contribution in [3.8, 4) is 10.4 Å². The Labute approximate surface area is 235 Å². The fourth-order valence-corrected chi connectivity index (χ4v) is 8.86. The second-order valence-electron chi connectivity index (χ2n) is 9.19. The first-order valence-corrected chi connectivity index (χ1v) is 16.2. The molecule has 2 aliphatic rings. The largest absolute Gasteiger partial charge is 0.350 e. The van der Waals surface area contributed by atoms with E-state index in [2.05, 4.69) is 10.5 Å². The van der Waals surface area contributed by atoms with Crippen molar-refractivity contribution in [3.05, 3.63) is 66.7 Å². The predicted molar refractivity (Wildman–Crippen MR) is 143 cm³/mol. The highest BCUT2D eigenvalue weighted by Gasteiger charge is 2.44. The molecule has 0 aliphatic carbocycles. The highest BCUT2D eigenvalue weighted by molar-refractivity contribution is 7.91. The Morgan fingerprint density at radius 1 is 1.05 bits per heavy atom. The van der Waals surface area contributed by atoms with E-state index in [1.807, 2.05) is 0 Å². The van der Waals surface area contributed by atoms with Gasteiger partial charge in [0.1, 0.15) is 21.0 Å². The van der Waals surface area contributed by atoms with Gasteiger partial charge in [-0.15, -0.1) is 11.3 Å². The molecule has 40 heavy (non-hydrogen) atoms. The Bertz CT molecular complexity index is 1540. The molecule has 0 saturated carbocycles. The van der Waals surface area contributed by atoms with Crippen LogP contribution < -0.4 is 5.48 Å². The maximum absolute atomic E-state index is 13.8. The number of pyridine rings is 1.